The Balaban J connectivity index is 2.04. The monoisotopic (exact) mass is 388 g/mol. The second kappa shape index (κ2) is 8.58. The lowest BCUT2D eigenvalue weighted by molar-refractivity contribution is -0.122. The zero-order valence-corrected chi connectivity index (χ0v) is 16.8. The van der Waals surface area contributed by atoms with E-state index in [2.05, 4.69) is 10.3 Å². The van der Waals surface area contributed by atoms with Crippen molar-refractivity contribution in [2.45, 2.75) is 65.0 Å². The van der Waals surface area contributed by atoms with Gasteiger partial charge in [-0.05, 0) is 26.2 Å². The predicted octanol–water partition coefficient (Wildman–Crippen LogP) is 1.51. The summed E-state index contributed by atoms with van der Waals surface area (Å²) in [4.78, 5) is 42.7. The smallest absolute Gasteiger partial charge is 0.332 e. The van der Waals surface area contributed by atoms with Crippen molar-refractivity contribution in [2.75, 3.05) is 6.61 Å². The van der Waals surface area contributed by atoms with Gasteiger partial charge in [-0.1, -0.05) is 26.2 Å². The van der Waals surface area contributed by atoms with Gasteiger partial charge in [0.2, 0.25) is 5.91 Å². The van der Waals surface area contributed by atoms with Crippen LogP contribution in [0.15, 0.2) is 15.8 Å². The van der Waals surface area contributed by atoms with Crippen LogP contribution < -0.4 is 21.3 Å². The van der Waals surface area contributed by atoms with Crippen molar-refractivity contribution in [1.82, 2.24) is 19.4 Å². The summed E-state index contributed by atoms with van der Waals surface area (Å²) in [5.41, 5.74) is -0.0402. The molecule has 1 aliphatic carbocycles. The van der Waals surface area contributed by atoms with E-state index >= 15 is 0 Å². The molecule has 0 aromatic carbocycles. The Kier molecular flexibility index (Phi) is 6.16. The zero-order chi connectivity index (χ0) is 20.3. The molecular weight excluding hydrogens is 360 g/mol. The highest BCUT2D eigenvalue weighted by atomic mass is 16.5. The Morgan fingerprint density at radius 3 is 2.61 bits per heavy atom. The summed E-state index contributed by atoms with van der Waals surface area (Å²) in [6.07, 6.45) is 7.51. The van der Waals surface area contributed by atoms with Crippen LogP contribution in [0, 0.1) is 0 Å². The molecule has 0 radical (unpaired) electrons. The van der Waals surface area contributed by atoms with Gasteiger partial charge in [-0.3, -0.25) is 14.2 Å². The van der Waals surface area contributed by atoms with E-state index < -0.39 is 11.2 Å². The Morgan fingerprint density at radius 2 is 1.96 bits per heavy atom. The van der Waals surface area contributed by atoms with Crippen LogP contribution in [0.3, 0.4) is 0 Å². The summed E-state index contributed by atoms with van der Waals surface area (Å²) in [5, 5.41) is 3.20. The van der Waals surface area contributed by atoms with Gasteiger partial charge in [0.25, 0.3) is 5.56 Å². The SMILES string of the molecule is CCOc1c(CC)cnc2c1c(=O)n(CC(=O)NC1CCCCC1)c(=O)n2C. The molecule has 28 heavy (non-hydrogen) atoms. The minimum atomic E-state index is -0.560. The number of hydrogen-bond donors (Lipinski definition) is 1. The molecule has 1 saturated carbocycles. The number of rotatable bonds is 6. The lowest BCUT2D eigenvalue weighted by Gasteiger charge is -2.23. The molecule has 0 spiro atoms. The van der Waals surface area contributed by atoms with Crippen LogP contribution >= 0.6 is 0 Å². The van der Waals surface area contributed by atoms with E-state index in [0.717, 1.165) is 35.8 Å². The van der Waals surface area contributed by atoms with Crippen molar-refractivity contribution in [2.24, 2.45) is 7.05 Å². The molecule has 0 saturated heterocycles. The molecule has 0 aliphatic heterocycles. The highest BCUT2D eigenvalue weighted by molar-refractivity contribution is 5.83. The number of carbonyl (C=O) groups is 1. The summed E-state index contributed by atoms with van der Waals surface area (Å²) in [5.74, 6) is 0.125. The van der Waals surface area contributed by atoms with Gasteiger partial charge in [-0.25, -0.2) is 14.3 Å². The number of aromatic nitrogens is 3. The maximum atomic E-state index is 13.1. The van der Waals surface area contributed by atoms with Crippen molar-refractivity contribution >= 4 is 16.9 Å². The van der Waals surface area contributed by atoms with Crippen LogP contribution in [-0.4, -0.2) is 32.7 Å². The molecule has 1 fully saturated rings. The number of nitrogens with one attached hydrogen (secondary N) is 1. The average molecular weight is 388 g/mol. The molecule has 1 N–H and O–H groups in total. The van der Waals surface area contributed by atoms with E-state index in [1.165, 1.54) is 11.0 Å². The third-order valence-electron chi connectivity index (χ3n) is 5.32. The molecule has 2 aromatic rings. The minimum absolute atomic E-state index is 0.119. The Bertz CT molecular complexity index is 986. The van der Waals surface area contributed by atoms with Gasteiger partial charge in [0.1, 0.15) is 17.7 Å². The second-order valence-corrected chi connectivity index (χ2v) is 7.23. The van der Waals surface area contributed by atoms with E-state index in [1.807, 2.05) is 13.8 Å². The van der Waals surface area contributed by atoms with Gasteiger partial charge in [0, 0.05) is 24.8 Å². The molecule has 3 rings (SSSR count). The molecule has 1 aliphatic rings. The fourth-order valence-electron chi connectivity index (χ4n) is 3.83. The molecule has 1 amide bonds. The Morgan fingerprint density at radius 1 is 1.25 bits per heavy atom. The third kappa shape index (κ3) is 3.81. The van der Waals surface area contributed by atoms with Gasteiger partial charge >= 0.3 is 5.69 Å². The van der Waals surface area contributed by atoms with Crippen LogP contribution in [0.4, 0.5) is 0 Å². The van der Waals surface area contributed by atoms with Crippen molar-refractivity contribution in [3.05, 3.63) is 32.6 Å². The number of pyridine rings is 1. The molecular formula is C20H28N4O4. The van der Waals surface area contributed by atoms with Crippen molar-refractivity contribution < 1.29 is 9.53 Å². The fraction of sp³-hybridized carbons (Fsp3) is 0.600. The van der Waals surface area contributed by atoms with Crippen molar-refractivity contribution in [3.8, 4) is 5.75 Å². The van der Waals surface area contributed by atoms with E-state index in [4.69, 9.17) is 4.74 Å². The molecule has 2 aromatic heterocycles. The number of hydrogen-bond acceptors (Lipinski definition) is 5. The van der Waals surface area contributed by atoms with Gasteiger partial charge in [0.05, 0.1) is 6.61 Å². The van der Waals surface area contributed by atoms with E-state index in [9.17, 15) is 14.4 Å². The van der Waals surface area contributed by atoms with Crippen molar-refractivity contribution in [3.63, 3.8) is 0 Å². The molecule has 152 valence electrons. The number of fused-ring (bicyclic) bond motifs is 1. The number of aryl methyl sites for hydroxylation is 2. The second-order valence-electron chi connectivity index (χ2n) is 7.23. The average Bonchev–Trinajstić information content (AvgIpc) is 2.70. The van der Waals surface area contributed by atoms with Gasteiger partial charge < -0.3 is 10.1 Å². The first kappa shape index (κ1) is 20.1. The molecule has 2 heterocycles. The molecule has 8 nitrogen and oxygen atoms in total. The predicted molar refractivity (Wildman–Crippen MR) is 107 cm³/mol. The highest BCUT2D eigenvalue weighted by Crippen LogP contribution is 2.25. The minimum Gasteiger partial charge on any atom is -0.493 e. The first-order valence-electron chi connectivity index (χ1n) is 10.0. The summed E-state index contributed by atoms with van der Waals surface area (Å²) in [7, 11) is 1.55. The van der Waals surface area contributed by atoms with Crippen LogP contribution in [0.25, 0.3) is 11.0 Å². The number of amides is 1. The number of carbonyl (C=O) groups excluding carboxylic acids is 1. The highest BCUT2D eigenvalue weighted by Gasteiger charge is 2.21. The fourth-order valence-corrected chi connectivity index (χ4v) is 3.83. The van der Waals surface area contributed by atoms with E-state index in [1.54, 1.807) is 13.2 Å². The van der Waals surface area contributed by atoms with Gasteiger partial charge in [-0.15, -0.1) is 0 Å². The molecule has 0 atom stereocenters. The number of ether oxygens (including phenoxy) is 1. The summed E-state index contributed by atoms with van der Waals surface area (Å²) in [6.45, 7) is 3.86. The normalized spacial score (nSPS) is 15.0. The third-order valence-corrected chi connectivity index (χ3v) is 5.32. The quantitative estimate of drug-likeness (QED) is 0.809. The Hall–Kier alpha value is -2.64. The first-order valence-corrected chi connectivity index (χ1v) is 10.0. The Labute approximate surface area is 163 Å². The number of nitrogens with zero attached hydrogens (tertiary/aromatic N) is 3. The molecule has 8 heteroatoms. The summed E-state index contributed by atoms with van der Waals surface area (Å²) in [6, 6.07) is 0.119. The van der Waals surface area contributed by atoms with Crippen LogP contribution in [-0.2, 0) is 24.8 Å². The van der Waals surface area contributed by atoms with E-state index in [-0.39, 0.29) is 29.5 Å². The standard InChI is InChI=1S/C20H28N4O4/c1-4-13-11-21-18-16(17(13)28-5-2)19(26)24(20(27)23(18)3)12-15(25)22-14-9-7-6-8-10-14/h11,14H,4-10,12H2,1-3H3,(H,22,25). The van der Waals surface area contributed by atoms with Crippen LogP contribution in [0.1, 0.15) is 51.5 Å². The van der Waals surface area contributed by atoms with Crippen LogP contribution in [0.5, 0.6) is 5.75 Å². The summed E-state index contributed by atoms with van der Waals surface area (Å²) >= 11 is 0. The molecule has 0 bridgehead atoms. The topological polar surface area (TPSA) is 95.2 Å². The lowest BCUT2D eigenvalue weighted by Crippen LogP contribution is -2.45. The maximum absolute atomic E-state index is 13.1. The summed E-state index contributed by atoms with van der Waals surface area (Å²) < 4.78 is 8.00. The first-order chi connectivity index (χ1) is 13.5. The van der Waals surface area contributed by atoms with Crippen molar-refractivity contribution in [1.29, 1.82) is 0 Å². The largest absolute Gasteiger partial charge is 0.493 e. The lowest BCUT2D eigenvalue weighted by atomic mass is 9.95. The molecule has 0 unspecified atom stereocenters. The van der Waals surface area contributed by atoms with Gasteiger partial charge in [0.15, 0.2) is 5.65 Å². The zero-order valence-electron chi connectivity index (χ0n) is 16.8. The van der Waals surface area contributed by atoms with Crippen LogP contribution in [0.2, 0.25) is 0 Å². The van der Waals surface area contributed by atoms with E-state index in [0.29, 0.717) is 18.8 Å². The van der Waals surface area contributed by atoms with Gasteiger partial charge in [-0.2, -0.15) is 0 Å². The maximum Gasteiger partial charge on any atom is 0.332 e.